The largest absolute Gasteiger partial charge is 0.490 e. The van der Waals surface area contributed by atoms with Gasteiger partial charge in [0.05, 0.1) is 23.0 Å². The zero-order chi connectivity index (χ0) is 16.2. The number of carboxylic acids is 1. The van der Waals surface area contributed by atoms with E-state index in [0.717, 1.165) is 0 Å². The number of nitro groups is 1. The lowest BCUT2D eigenvalue weighted by Gasteiger charge is -2.19. The van der Waals surface area contributed by atoms with Crippen molar-refractivity contribution in [2.45, 2.75) is 13.8 Å². The monoisotopic (exact) mass is 296 g/mol. The number of hydrogen-bond donors (Lipinski definition) is 2. The summed E-state index contributed by atoms with van der Waals surface area (Å²) in [6.45, 7) is 2.80. The Bertz CT molecular complexity index is 582. The van der Waals surface area contributed by atoms with Crippen molar-refractivity contribution in [1.82, 2.24) is 5.32 Å². The van der Waals surface area contributed by atoms with Gasteiger partial charge in [-0.1, -0.05) is 6.07 Å². The van der Waals surface area contributed by atoms with E-state index in [1.807, 2.05) is 0 Å². The highest BCUT2D eigenvalue weighted by Gasteiger charge is 2.29. The van der Waals surface area contributed by atoms with Crippen LogP contribution in [0.4, 0.5) is 5.69 Å². The Morgan fingerprint density at radius 2 is 2.05 bits per heavy atom. The van der Waals surface area contributed by atoms with Crippen molar-refractivity contribution in [3.63, 3.8) is 0 Å². The molecule has 0 spiro atoms. The first-order valence-electron chi connectivity index (χ1n) is 6.03. The smallest absolute Gasteiger partial charge is 0.311 e. The number of nitrogens with zero attached hydrogens (tertiary/aromatic N) is 1. The van der Waals surface area contributed by atoms with Gasteiger partial charge in [-0.25, -0.2) is 0 Å². The van der Waals surface area contributed by atoms with Crippen LogP contribution in [0.15, 0.2) is 18.2 Å². The van der Waals surface area contributed by atoms with Crippen LogP contribution in [0, 0.1) is 15.5 Å². The second-order valence-electron chi connectivity index (χ2n) is 4.99. The maximum absolute atomic E-state index is 12.1. The molecule has 1 aromatic carbocycles. The summed E-state index contributed by atoms with van der Waals surface area (Å²) in [6.07, 6.45) is 0. The van der Waals surface area contributed by atoms with Gasteiger partial charge in [-0.05, 0) is 19.9 Å². The molecular weight excluding hydrogens is 280 g/mol. The van der Waals surface area contributed by atoms with Crippen molar-refractivity contribution < 1.29 is 24.4 Å². The van der Waals surface area contributed by atoms with Gasteiger partial charge in [-0.2, -0.15) is 0 Å². The average molecular weight is 296 g/mol. The molecule has 0 saturated heterocycles. The van der Waals surface area contributed by atoms with Crippen LogP contribution in [0.1, 0.15) is 24.2 Å². The third-order valence-corrected chi connectivity index (χ3v) is 2.91. The minimum atomic E-state index is -1.15. The number of methoxy groups -OCH3 is 1. The number of rotatable bonds is 6. The summed E-state index contributed by atoms with van der Waals surface area (Å²) in [4.78, 5) is 33.3. The normalized spacial score (nSPS) is 10.8. The highest BCUT2D eigenvalue weighted by Crippen LogP contribution is 2.30. The van der Waals surface area contributed by atoms with Crippen LogP contribution in [0.25, 0.3) is 0 Å². The second kappa shape index (κ2) is 6.21. The van der Waals surface area contributed by atoms with Crippen LogP contribution < -0.4 is 10.1 Å². The molecule has 0 bridgehead atoms. The summed E-state index contributed by atoms with van der Waals surface area (Å²) < 4.78 is 4.92. The molecule has 21 heavy (non-hydrogen) atoms. The molecule has 0 aliphatic carbocycles. The first kappa shape index (κ1) is 16.4. The molecule has 8 nitrogen and oxygen atoms in total. The van der Waals surface area contributed by atoms with Crippen molar-refractivity contribution in [3.05, 3.63) is 33.9 Å². The van der Waals surface area contributed by atoms with Crippen molar-refractivity contribution in [2.24, 2.45) is 5.41 Å². The third-order valence-electron chi connectivity index (χ3n) is 2.91. The Morgan fingerprint density at radius 3 is 2.52 bits per heavy atom. The van der Waals surface area contributed by atoms with E-state index < -0.39 is 22.2 Å². The van der Waals surface area contributed by atoms with Crippen LogP contribution >= 0.6 is 0 Å². The number of ether oxygens (including phenoxy) is 1. The van der Waals surface area contributed by atoms with Gasteiger partial charge in [0, 0.05) is 12.6 Å². The molecular formula is C13H16N2O6. The molecule has 0 saturated carbocycles. The summed E-state index contributed by atoms with van der Waals surface area (Å²) in [6, 6.07) is 3.95. The number of hydrogen-bond acceptors (Lipinski definition) is 5. The lowest BCUT2D eigenvalue weighted by Crippen LogP contribution is -2.39. The van der Waals surface area contributed by atoms with Crippen molar-refractivity contribution in [1.29, 1.82) is 0 Å². The van der Waals surface area contributed by atoms with Crippen molar-refractivity contribution in [2.75, 3.05) is 13.7 Å². The number of nitrogens with one attached hydrogen (secondary N) is 1. The molecule has 0 aliphatic rings. The Balaban J connectivity index is 3.01. The van der Waals surface area contributed by atoms with Gasteiger partial charge in [-0.3, -0.25) is 19.7 Å². The SMILES string of the molecule is COc1c(C(=O)NCC(C)(C)C(=O)O)cccc1[N+](=O)[O-]. The number of nitro benzene ring substituents is 1. The maximum atomic E-state index is 12.1. The quantitative estimate of drug-likeness (QED) is 0.605. The van der Waals surface area contributed by atoms with Crippen LogP contribution in [0.5, 0.6) is 5.75 Å². The molecule has 0 unspecified atom stereocenters. The Labute approximate surface area is 120 Å². The summed E-state index contributed by atoms with van der Waals surface area (Å²) in [7, 11) is 1.22. The van der Waals surface area contributed by atoms with E-state index in [-0.39, 0.29) is 23.5 Å². The first-order chi connectivity index (χ1) is 9.70. The minimum Gasteiger partial charge on any atom is -0.490 e. The highest BCUT2D eigenvalue weighted by molar-refractivity contribution is 5.98. The van der Waals surface area contributed by atoms with Gasteiger partial charge in [0.2, 0.25) is 5.75 Å². The lowest BCUT2D eigenvalue weighted by molar-refractivity contribution is -0.385. The molecule has 1 rings (SSSR count). The first-order valence-corrected chi connectivity index (χ1v) is 6.03. The number of aliphatic carboxylic acids is 1. The predicted molar refractivity (Wildman–Crippen MR) is 73.4 cm³/mol. The number of para-hydroxylation sites is 1. The van der Waals surface area contributed by atoms with E-state index in [9.17, 15) is 19.7 Å². The minimum absolute atomic E-state index is 0.0205. The molecule has 1 amide bonds. The summed E-state index contributed by atoms with van der Waals surface area (Å²) in [5.41, 5.74) is -1.50. The highest BCUT2D eigenvalue weighted by atomic mass is 16.6. The van der Waals surface area contributed by atoms with Crippen LogP contribution in [0.3, 0.4) is 0 Å². The van der Waals surface area contributed by atoms with Gasteiger partial charge in [0.15, 0.2) is 0 Å². The number of amides is 1. The summed E-state index contributed by atoms with van der Waals surface area (Å²) in [5, 5.41) is 22.3. The topological polar surface area (TPSA) is 119 Å². The van der Waals surface area contributed by atoms with Gasteiger partial charge in [0.1, 0.15) is 0 Å². The standard InChI is InChI=1S/C13H16N2O6/c1-13(2,12(17)18)7-14-11(16)8-5-4-6-9(15(19)20)10(8)21-3/h4-6H,7H2,1-3H3,(H,14,16)(H,17,18). The fourth-order valence-electron chi connectivity index (χ4n) is 1.53. The average Bonchev–Trinajstić information content (AvgIpc) is 2.43. The zero-order valence-corrected chi connectivity index (χ0v) is 11.9. The van der Waals surface area contributed by atoms with Gasteiger partial charge >= 0.3 is 11.7 Å². The van der Waals surface area contributed by atoms with E-state index in [1.54, 1.807) is 0 Å². The van der Waals surface area contributed by atoms with Crippen molar-refractivity contribution >= 4 is 17.6 Å². The molecule has 0 heterocycles. The molecule has 0 radical (unpaired) electrons. The van der Waals surface area contributed by atoms with Crippen LogP contribution in [0.2, 0.25) is 0 Å². The number of carbonyl (C=O) groups excluding carboxylic acids is 1. The molecule has 1 aromatic rings. The molecule has 0 aromatic heterocycles. The van der Waals surface area contributed by atoms with E-state index in [2.05, 4.69) is 5.32 Å². The zero-order valence-electron chi connectivity index (χ0n) is 11.9. The van der Waals surface area contributed by atoms with Gasteiger partial charge in [-0.15, -0.1) is 0 Å². The maximum Gasteiger partial charge on any atom is 0.311 e. The fourth-order valence-corrected chi connectivity index (χ4v) is 1.53. The lowest BCUT2D eigenvalue weighted by atomic mass is 9.94. The van der Waals surface area contributed by atoms with Crippen molar-refractivity contribution in [3.8, 4) is 5.75 Å². The molecule has 2 N–H and O–H groups in total. The summed E-state index contributed by atoms with van der Waals surface area (Å²) in [5.74, 6) is -1.85. The van der Waals surface area contributed by atoms with E-state index >= 15 is 0 Å². The van der Waals surface area contributed by atoms with E-state index in [1.165, 1.54) is 39.2 Å². The molecule has 114 valence electrons. The van der Waals surface area contributed by atoms with Crippen LogP contribution in [-0.4, -0.2) is 35.6 Å². The Kier molecular flexibility index (Phi) is 4.85. The summed E-state index contributed by atoms with van der Waals surface area (Å²) >= 11 is 0. The van der Waals surface area contributed by atoms with E-state index in [4.69, 9.17) is 9.84 Å². The van der Waals surface area contributed by atoms with E-state index in [0.29, 0.717) is 0 Å². The Morgan fingerprint density at radius 1 is 1.43 bits per heavy atom. The van der Waals surface area contributed by atoms with Gasteiger partial charge in [0.25, 0.3) is 5.91 Å². The number of carboxylic acid groups (broad SMARTS) is 1. The number of benzene rings is 1. The molecule has 0 fully saturated rings. The second-order valence-corrected chi connectivity index (χ2v) is 4.99. The van der Waals surface area contributed by atoms with Crippen LogP contribution in [-0.2, 0) is 4.79 Å². The Hall–Kier alpha value is -2.64. The third kappa shape index (κ3) is 3.68. The number of carbonyl (C=O) groups is 2. The fraction of sp³-hybridized carbons (Fsp3) is 0.385. The van der Waals surface area contributed by atoms with Gasteiger partial charge < -0.3 is 15.2 Å². The molecule has 0 atom stereocenters. The molecule has 0 aliphatic heterocycles. The predicted octanol–water partition coefficient (Wildman–Crippen LogP) is 1.44. The molecule has 8 heteroatoms.